The molecule has 1 unspecified atom stereocenters. The van der Waals surface area contributed by atoms with Crippen LogP contribution in [-0.4, -0.2) is 37.2 Å². The maximum absolute atomic E-state index is 12.8. The van der Waals surface area contributed by atoms with E-state index >= 15 is 0 Å². The summed E-state index contributed by atoms with van der Waals surface area (Å²) < 4.78 is 16.7. The Morgan fingerprint density at radius 1 is 0.292 bits per heavy atom. The average molecular weight is 998 g/mol. The topological polar surface area (TPSA) is 78.9 Å². The van der Waals surface area contributed by atoms with Crippen LogP contribution < -0.4 is 0 Å². The highest BCUT2D eigenvalue weighted by atomic mass is 16.6. The van der Waals surface area contributed by atoms with Crippen LogP contribution in [0.5, 0.6) is 0 Å². The predicted octanol–water partition coefficient (Wildman–Crippen LogP) is 20.0. The summed E-state index contributed by atoms with van der Waals surface area (Å²) >= 11 is 0. The van der Waals surface area contributed by atoms with Crippen LogP contribution in [0.4, 0.5) is 0 Å². The minimum Gasteiger partial charge on any atom is -0.462 e. The van der Waals surface area contributed by atoms with Crippen molar-refractivity contribution < 1.29 is 28.6 Å². The Hall–Kier alpha value is -4.19. The Morgan fingerprint density at radius 3 is 0.875 bits per heavy atom. The lowest BCUT2D eigenvalue weighted by Crippen LogP contribution is -2.30. The van der Waals surface area contributed by atoms with Crippen molar-refractivity contribution in [2.24, 2.45) is 0 Å². The summed E-state index contributed by atoms with van der Waals surface area (Å²) in [7, 11) is 0. The van der Waals surface area contributed by atoms with Gasteiger partial charge in [-0.3, -0.25) is 14.4 Å². The van der Waals surface area contributed by atoms with Gasteiger partial charge in [0, 0.05) is 19.3 Å². The van der Waals surface area contributed by atoms with Crippen LogP contribution in [0.15, 0.2) is 122 Å². The molecule has 0 aromatic rings. The Bertz CT molecular complexity index is 1520. The van der Waals surface area contributed by atoms with Gasteiger partial charge >= 0.3 is 17.9 Å². The van der Waals surface area contributed by atoms with Gasteiger partial charge in [-0.05, 0) is 116 Å². The number of ether oxygens (including phenoxy) is 3. The second kappa shape index (κ2) is 59.4. The predicted molar refractivity (Wildman–Crippen MR) is 311 cm³/mol. The molecule has 0 rings (SSSR count). The zero-order valence-electron chi connectivity index (χ0n) is 46.7. The molecule has 0 N–H and O–H groups in total. The summed E-state index contributed by atoms with van der Waals surface area (Å²) in [6.07, 6.45) is 82.2. The van der Waals surface area contributed by atoms with Crippen LogP contribution in [0.25, 0.3) is 0 Å². The highest BCUT2D eigenvalue weighted by Crippen LogP contribution is 2.14. The van der Waals surface area contributed by atoms with Gasteiger partial charge in [-0.2, -0.15) is 0 Å². The van der Waals surface area contributed by atoms with E-state index < -0.39 is 6.10 Å². The SMILES string of the molecule is CC/C=C\C/C=C\C/C=C\C/C=C\C/C=C\C/C=C\C/C=C\C/C=C\C/C=C\CCCCCC(=O)OCC(COC(=O)CCCCCCCCC)OC(=O)CCCCCCC/C=C\CCCCCCCCC. The molecule has 0 aromatic carbocycles. The number of carbonyl (C=O) groups excluding carboxylic acids is 3. The quantitative estimate of drug-likeness (QED) is 0.0261. The molecule has 72 heavy (non-hydrogen) atoms. The summed E-state index contributed by atoms with van der Waals surface area (Å²) in [5.41, 5.74) is 0. The van der Waals surface area contributed by atoms with Crippen LogP contribution in [0.2, 0.25) is 0 Å². The van der Waals surface area contributed by atoms with E-state index in [1.807, 2.05) is 0 Å². The molecule has 0 radical (unpaired) electrons. The van der Waals surface area contributed by atoms with Crippen LogP contribution >= 0.6 is 0 Å². The van der Waals surface area contributed by atoms with Crippen molar-refractivity contribution in [3.8, 4) is 0 Å². The van der Waals surface area contributed by atoms with Crippen molar-refractivity contribution in [1.82, 2.24) is 0 Å². The molecular formula is C66H108O6. The van der Waals surface area contributed by atoms with Gasteiger partial charge in [0.25, 0.3) is 0 Å². The molecule has 0 saturated carbocycles. The van der Waals surface area contributed by atoms with E-state index in [1.54, 1.807) is 0 Å². The molecule has 6 heteroatoms. The molecule has 1 atom stereocenters. The highest BCUT2D eigenvalue weighted by Gasteiger charge is 2.19. The second-order valence-corrected chi connectivity index (χ2v) is 19.2. The van der Waals surface area contributed by atoms with E-state index in [0.29, 0.717) is 19.3 Å². The molecule has 408 valence electrons. The van der Waals surface area contributed by atoms with E-state index in [4.69, 9.17) is 14.2 Å². The minimum absolute atomic E-state index is 0.0931. The average Bonchev–Trinajstić information content (AvgIpc) is 3.38. The number of unbranched alkanes of at least 4 members (excludes halogenated alkanes) is 21. The fraction of sp³-hybridized carbons (Fsp3) is 0.652. The molecule has 0 fully saturated rings. The smallest absolute Gasteiger partial charge is 0.306 e. The van der Waals surface area contributed by atoms with E-state index in [1.165, 1.54) is 83.5 Å². The van der Waals surface area contributed by atoms with Gasteiger partial charge in [0.15, 0.2) is 6.10 Å². The third-order valence-electron chi connectivity index (χ3n) is 12.2. The van der Waals surface area contributed by atoms with Crippen molar-refractivity contribution in [2.45, 2.75) is 264 Å². The molecular weight excluding hydrogens is 889 g/mol. The van der Waals surface area contributed by atoms with E-state index in [-0.39, 0.29) is 31.1 Å². The molecule has 6 nitrogen and oxygen atoms in total. The summed E-state index contributed by atoms with van der Waals surface area (Å²) in [5.74, 6) is -0.945. The summed E-state index contributed by atoms with van der Waals surface area (Å²) in [6.45, 7) is 6.44. The fourth-order valence-electron chi connectivity index (χ4n) is 7.78. The van der Waals surface area contributed by atoms with Crippen molar-refractivity contribution in [3.05, 3.63) is 122 Å². The zero-order chi connectivity index (χ0) is 52.2. The van der Waals surface area contributed by atoms with Gasteiger partial charge in [0.2, 0.25) is 0 Å². The Kier molecular flexibility index (Phi) is 55.9. The van der Waals surface area contributed by atoms with E-state index in [9.17, 15) is 14.4 Å². The zero-order valence-corrected chi connectivity index (χ0v) is 46.7. The number of rotatable bonds is 52. The third-order valence-corrected chi connectivity index (χ3v) is 12.2. The van der Waals surface area contributed by atoms with E-state index in [2.05, 4.69) is 142 Å². The first-order valence-electron chi connectivity index (χ1n) is 29.5. The van der Waals surface area contributed by atoms with Crippen molar-refractivity contribution in [2.75, 3.05) is 13.2 Å². The molecule has 0 bridgehead atoms. The number of hydrogen-bond acceptors (Lipinski definition) is 6. The Labute approximate surface area is 443 Å². The standard InChI is InChI=1S/C66H108O6/c1-4-7-10-13-16-18-20-22-24-26-27-28-29-30-31-32-33-34-35-36-37-38-39-40-42-43-45-47-50-53-56-59-65(68)71-62-63(61-70-64(67)58-55-52-49-15-12-9-6-3)72-66(69)60-57-54-51-48-46-44-41-25-23-21-19-17-14-11-8-5-2/h7,10,16,18,22,24-25,27-28,30-31,33-34,36-37,39-41,43,45,63H,4-6,8-9,11-15,17,19-21,23,26,29,32,35,38,42,44,46-62H2,1-3H3/b10-7-,18-16-,24-22-,28-27-,31-30-,34-33-,37-36-,40-39-,41-25-,45-43-. The maximum atomic E-state index is 12.8. The monoisotopic (exact) mass is 997 g/mol. The van der Waals surface area contributed by atoms with Crippen LogP contribution in [0, 0.1) is 0 Å². The van der Waals surface area contributed by atoms with Crippen molar-refractivity contribution in [1.29, 1.82) is 0 Å². The normalized spacial score (nSPS) is 13.0. The van der Waals surface area contributed by atoms with Crippen LogP contribution in [0.3, 0.4) is 0 Å². The van der Waals surface area contributed by atoms with Gasteiger partial charge < -0.3 is 14.2 Å². The largest absolute Gasteiger partial charge is 0.462 e. The van der Waals surface area contributed by atoms with Gasteiger partial charge in [-0.25, -0.2) is 0 Å². The van der Waals surface area contributed by atoms with Gasteiger partial charge in [0.1, 0.15) is 13.2 Å². The second-order valence-electron chi connectivity index (χ2n) is 19.2. The first-order valence-corrected chi connectivity index (χ1v) is 29.5. The van der Waals surface area contributed by atoms with Gasteiger partial charge in [-0.15, -0.1) is 0 Å². The van der Waals surface area contributed by atoms with Crippen molar-refractivity contribution >= 4 is 17.9 Å². The first-order chi connectivity index (χ1) is 35.5. The molecule has 0 amide bonds. The lowest BCUT2D eigenvalue weighted by atomic mass is 10.1. The van der Waals surface area contributed by atoms with Crippen LogP contribution in [-0.2, 0) is 28.6 Å². The molecule has 0 aliphatic heterocycles. The number of allylic oxidation sites excluding steroid dienone is 20. The molecule has 0 aliphatic carbocycles. The van der Waals surface area contributed by atoms with Crippen LogP contribution in [0.1, 0.15) is 258 Å². The van der Waals surface area contributed by atoms with E-state index in [0.717, 1.165) is 135 Å². The van der Waals surface area contributed by atoms with Crippen molar-refractivity contribution in [3.63, 3.8) is 0 Å². The number of carbonyl (C=O) groups is 3. The molecule has 0 spiro atoms. The van der Waals surface area contributed by atoms with Gasteiger partial charge in [0.05, 0.1) is 0 Å². The number of hydrogen-bond donors (Lipinski definition) is 0. The lowest BCUT2D eigenvalue weighted by molar-refractivity contribution is -0.167. The number of esters is 3. The molecule has 0 heterocycles. The third kappa shape index (κ3) is 56.7. The first kappa shape index (κ1) is 67.8. The molecule has 0 aliphatic rings. The lowest BCUT2D eigenvalue weighted by Gasteiger charge is -2.18. The van der Waals surface area contributed by atoms with Gasteiger partial charge in [-0.1, -0.05) is 245 Å². The summed E-state index contributed by atoms with van der Waals surface area (Å²) in [4.78, 5) is 37.9. The fourth-order valence-corrected chi connectivity index (χ4v) is 7.78. The summed E-state index contributed by atoms with van der Waals surface area (Å²) in [6, 6.07) is 0. The minimum atomic E-state index is -0.796. The Morgan fingerprint density at radius 2 is 0.542 bits per heavy atom. The summed E-state index contributed by atoms with van der Waals surface area (Å²) in [5, 5.41) is 0. The molecule has 0 aromatic heterocycles. The maximum Gasteiger partial charge on any atom is 0.306 e. The Balaban J connectivity index is 4.26. The molecule has 0 saturated heterocycles. The highest BCUT2D eigenvalue weighted by molar-refractivity contribution is 5.71.